The van der Waals surface area contributed by atoms with Gasteiger partial charge in [-0.15, -0.1) is 0 Å². The number of pyridine rings is 1. The molecule has 2 bridgehead atoms. The van der Waals surface area contributed by atoms with E-state index in [1.807, 2.05) is 43.7 Å². The molecule has 6 nitrogen and oxygen atoms in total. The van der Waals surface area contributed by atoms with Crippen LogP contribution in [0, 0.1) is 32.5 Å². The quantitative estimate of drug-likeness (QED) is 0.441. The molecular weight excluding hydrogens is 427 g/mol. The summed E-state index contributed by atoms with van der Waals surface area (Å²) in [5.41, 5.74) is 6.04. The second kappa shape index (κ2) is 8.24. The highest BCUT2D eigenvalue weighted by molar-refractivity contribution is 5.79. The topological polar surface area (TPSA) is 59.7 Å². The van der Waals surface area contributed by atoms with Crippen molar-refractivity contribution in [1.82, 2.24) is 29.4 Å². The lowest BCUT2D eigenvalue weighted by Gasteiger charge is -2.45. The molecule has 0 amide bonds. The van der Waals surface area contributed by atoms with E-state index in [0.29, 0.717) is 29.8 Å². The SMILES string of the molecule is Cc1nc(C)c2nc(-c3cnccc3C)n(Cc3ccc(C4CN5CCC4CC5)cc3F)c2n1. The minimum absolute atomic E-state index is 0.160. The Balaban J connectivity index is 1.42. The Kier molecular flexibility index (Phi) is 5.17. The minimum Gasteiger partial charge on any atom is -0.304 e. The number of nitrogens with zero attached hydrogens (tertiary/aromatic N) is 6. The predicted octanol–water partition coefficient (Wildman–Crippen LogP) is 4.81. The van der Waals surface area contributed by atoms with Crippen molar-refractivity contribution in [2.24, 2.45) is 5.92 Å². The van der Waals surface area contributed by atoms with Gasteiger partial charge < -0.3 is 9.47 Å². The summed E-state index contributed by atoms with van der Waals surface area (Å²) < 4.78 is 17.5. The Labute approximate surface area is 198 Å². The second-order valence-electron chi connectivity index (χ2n) is 9.84. The molecule has 0 spiro atoms. The average molecular weight is 457 g/mol. The standard InChI is InChI=1S/C27H29FN6/c1-16-6-9-29-13-22(16)26-32-25-17(2)30-18(3)31-27(25)34(26)14-21-5-4-20(12-24(21)28)23-15-33-10-7-19(23)8-11-33/h4-6,9,12-13,19,23H,7-8,10-11,14-15H2,1-3H3. The van der Waals surface area contributed by atoms with Gasteiger partial charge in [0, 0.05) is 30.1 Å². The average Bonchev–Trinajstić information content (AvgIpc) is 3.19. The van der Waals surface area contributed by atoms with Crippen LogP contribution in [-0.4, -0.2) is 49.0 Å². The van der Waals surface area contributed by atoms with Crippen LogP contribution in [0.15, 0.2) is 36.7 Å². The van der Waals surface area contributed by atoms with Gasteiger partial charge in [-0.05, 0) is 81.8 Å². The molecule has 7 rings (SSSR count). The molecule has 174 valence electrons. The molecule has 0 saturated carbocycles. The number of aromatic nitrogens is 5. The van der Waals surface area contributed by atoms with Crippen molar-refractivity contribution in [3.05, 3.63) is 70.7 Å². The van der Waals surface area contributed by atoms with Gasteiger partial charge in [-0.1, -0.05) is 12.1 Å². The van der Waals surface area contributed by atoms with Gasteiger partial charge in [0.2, 0.25) is 0 Å². The highest BCUT2D eigenvalue weighted by atomic mass is 19.1. The summed E-state index contributed by atoms with van der Waals surface area (Å²) in [5, 5.41) is 0. The van der Waals surface area contributed by atoms with Crippen molar-refractivity contribution in [2.75, 3.05) is 19.6 Å². The van der Waals surface area contributed by atoms with Crippen LogP contribution in [0.2, 0.25) is 0 Å². The molecule has 34 heavy (non-hydrogen) atoms. The normalized spacial score (nSPS) is 21.9. The van der Waals surface area contributed by atoms with E-state index in [4.69, 9.17) is 9.97 Å². The fourth-order valence-electron chi connectivity index (χ4n) is 5.76. The molecule has 3 saturated heterocycles. The Morgan fingerprint density at radius 3 is 2.56 bits per heavy atom. The summed E-state index contributed by atoms with van der Waals surface area (Å²) in [7, 11) is 0. The molecule has 3 aliphatic heterocycles. The van der Waals surface area contributed by atoms with Gasteiger partial charge in [0.05, 0.1) is 12.2 Å². The van der Waals surface area contributed by atoms with E-state index in [-0.39, 0.29) is 5.82 Å². The number of piperidine rings is 3. The maximum Gasteiger partial charge on any atom is 0.164 e. The number of imidazole rings is 1. The van der Waals surface area contributed by atoms with Gasteiger partial charge in [0.15, 0.2) is 5.65 Å². The van der Waals surface area contributed by atoms with Crippen LogP contribution in [-0.2, 0) is 6.54 Å². The molecule has 1 unspecified atom stereocenters. The number of fused-ring (bicyclic) bond motifs is 4. The summed E-state index contributed by atoms with van der Waals surface area (Å²) >= 11 is 0. The molecule has 4 aromatic rings. The number of hydrogen-bond acceptors (Lipinski definition) is 5. The minimum atomic E-state index is -0.160. The molecule has 6 heterocycles. The fourth-order valence-corrected chi connectivity index (χ4v) is 5.76. The Morgan fingerprint density at radius 1 is 1.03 bits per heavy atom. The molecule has 7 heteroatoms. The van der Waals surface area contributed by atoms with Crippen LogP contribution in [0.5, 0.6) is 0 Å². The number of benzene rings is 1. The van der Waals surface area contributed by atoms with Crippen molar-refractivity contribution in [3.63, 3.8) is 0 Å². The van der Waals surface area contributed by atoms with Gasteiger partial charge in [-0.25, -0.2) is 19.3 Å². The van der Waals surface area contributed by atoms with Crippen molar-refractivity contribution >= 4 is 11.2 Å². The molecule has 3 aromatic heterocycles. The highest BCUT2D eigenvalue weighted by Crippen LogP contribution is 2.39. The first kappa shape index (κ1) is 21.4. The third-order valence-electron chi connectivity index (χ3n) is 7.65. The zero-order valence-electron chi connectivity index (χ0n) is 19.9. The van der Waals surface area contributed by atoms with Crippen molar-refractivity contribution in [1.29, 1.82) is 0 Å². The van der Waals surface area contributed by atoms with Crippen LogP contribution in [0.25, 0.3) is 22.6 Å². The summed E-state index contributed by atoms with van der Waals surface area (Å²) in [5.74, 6) is 2.37. The summed E-state index contributed by atoms with van der Waals surface area (Å²) in [6.45, 7) is 9.63. The lowest BCUT2D eigenvalue weighted by Crippen LogP contribution is -2.46. The first-order valence-corrected chi connectivity index (χ1v) is 12.1. The molecular formula is C27H29FN6. The van der Waals surface area contributed by atoms with Crippen LogP contribution >= 0.6 is 0 Å². The fraction of sp³-hybridized carbons (Fsp3) is 0.407. The molecule has 0 aliphatic carbocycles. The number of aryl methyl sites for hydroxylation is 3. The van der Waals surface area contributed by atoms with E-state index in [9.17, 15) is 0 Å². The number of halogens is 1. The summed E-state index contributed by atoms with van der Waals surface area (Å²) in [4.78, 5) is 20.9. The number of hydrogen-bond donors (Lipinski definition) is 0. The van der Waals surface area contributed by atoms with E-state index in [2.05, 4.69) is 20.9 Å². The smallest absolute Gasteiger partial charge is 0.164 e. The van der Waals surface area contributed by atoms with Gasteiger partial charge in [-0.3, -0.25) is 4.98 Å². The third kappa shape index (κ3) is 3.59. The maximum atomic E-state index is 15.5. The first-order valence-electron chi connectivity index (χ1n) is 12.1. The molecule has 3 aliphatic rings. The van der Waals surface area contributed by atoms with Gasteiger partial charge >= 0.3 is 0 Å². The van der Waals surface area contributed by atoms with Crippen molar-refractivity contribution in [2.45, 2.75) is 46.1 Å². The zero-order valence-corrected chi connectivity index (χ0v) is 19.9. The Morgan fingerprint density at radius 2 is 1.85 bits per heavy atom. The first-order chi connectivity index (χ1) is 16.5. The molecule has 1 aromatic carbocycles. The highest BCUT2D eigenvalue weighted by Gasteiger charge is 2.35. The van der Waals surface area contributed by atoms with E-state index >= 15 is 4.39 Å². The summed E-state index contributed by atoms with van der Waals surface area (Å²) in [6, 6.07) is 7.81. The van der Waals surface area contributed by atoms with Gasteiger partial charge in [-0.2, -0.15) is 0 Å². The Hall–Kier alpha value is -3.19. The Bertz CT molecular complexity index is 1390. The molecule has 1 atom stereocenters. The second-order valence-corrected chi connectivity index (χ2v) is 9.84. The van der Waals surface area contributed by atoms with Crippen molar-refractivity contribution < 1.29 is 4.39 Å². The largest absolute Gasteiger partial charge is 0.304 e. The lowest BCUT2D eigenvalue weighted by molar-refractivity contribution is 0.0870. The maximum absolute atomic E-state index is 15.5. The molecule has 0 radical (unpaired) electrons. The van der Waals surface area contributed by atoms with E-state index in [0.717, 1.165) is 45.9 Å². The lowest BCUT2D eigenvalue weighted by atomic mass is 9.75. The monoisotopic (exact) mass is 456 g/mol. The van der Waals surface area contributed by atoms with Gasteiger partial charge in [0.1, 0.15) is 23.0 Å². The molecule has 3 fully saturated rings. The number of rotatable bonds is 4. The van der Waals surface area contributed by atoms with Crippen LogP contribution in [0.1, 0.15) is 47.0 Å². The predicted molar refractivity (Wildman–Crippen MR) is 130 cm³/mol. The van der Waals surface area contributed by atoms with E-state index in [1.165, 1.54) is 25.9 Å². The van der Waals surface area contributed by atoms with E-state index < -0.39 is 0 Å². The van der Waals surface area contributed by atoms with Crippen LogP contribution in [0.3, 0.4) is 0 Å². The molecule has 0 N–H and O–H groups in total. The van der Waals surface area contributed by atoms with Gasteiger partial charge in [0.25, 0.3) is 0 Å². The third-order valence-corrected chi connectivity index (χ3v) is 7.65. The van der Waals surface area contributed by atoms with E-state index in [1.54, 1.807) is 12.3 Å². The van der Waals surface area contributed by atoms with Crippen LogP contribution in [0.4, 0.5) is 4.39 Å². The van der Waals surface area contributed by atoms with Crippen molar-refractivity contribution in [3.8, 4) is 11.4 Å². The zero-order chi connectivity index (χ0) is 23.4. The summed E-state index contributed by atoms with van der Waals surface area (Å²) in [6.07, 6.45) is 6.03. The van der Waals surface area contributed by atoms with Crippen LogP contribution < -0.4 is 0 Å².